The molecule has 0 fully saturated rings. The van der Waals surface area contributed by atoms with Crippen LogP contribution in [0.5, 0.6) is 0 Å². The Morgan fingerprint density at radius 1 is 1.44 bits per heavy atom. The fourth-order valence-corrected chi connectivity index (χ4v) is 1.36. The number of aliphatic carboxylic acids is 1. The first-order chi connectivity index (χ1) is 8.65. The number of pyridine rings is 1. The molecule has 0 aliphatic rings. The lowest BCUT2D eigenvalue weighted by Gasteiger charge is -1.92. The molecule has 18 heavy (non-hydrogen) atoms. The molecule has 0 spiro atoms. The van der Waals surface area contributed by atoms with Gasteiger partial charge in [0.15, 0.2) is 0 Å². The number of nitrogens with zero attached hydrogens (tertiary/aromatic N) is 3. The molecule has 1 N–H and O–H groups in total. The van der Waals surface area contributed by atoms with Gasteiger partial charge in [0.1, 0.15) is 11.5 Å². The molecule has 0 aliphatic carbocycles. The Hall–Kier alpha value is -2.31. The van der Waals surface area contributed by atoms with Crippen LogP contribution in [0.4, 0.5) is 4.39 Å². The molecule has 0 aromatic carbocycles. The summed E-state index contributed by atoms with van der Waals surface area (Å²) >= 11 is 0. The second kappa shape index (κ2) is 5.35. The number of carboxylic acids is 1. The fraction of sp³-hybridized carbons (Fsp3) is 0.273. The van der Waals surface area contributed by atoms with Crippen molar-refractivity contribution >= 4 is 5.97 Å². The van der Waals surface area contributed by atoms with Gasteiger partial charge in [0.05, 0.1) is 6.20 Å². The highest BCUT2D eigenvalue weighted by molar-refractivity contribution is 5.66. The molecule has 0 amide bonds. The van der Waals surface area contributed by atoms with Crippen molar-refractivity contribution in [1.29, 1.82) is 0 Å². The third-order valence-electron chi connectivity index (χ3n) is 2.21. The van der Waals surface area contributed by atoms with Crippen LogP contribution in [0, 0.1) is 5.82 Å². The minimum absolute atomic E-state index is 0.0481. The predicted molar refractivity (Wildman–Crippen MR) is 58.1 cm³/mol. The van der Waals surface area contributed by atoms with E-state index < -0.39 is 11.8 Å². The molecule has 0 saturated heterocycles. The number of hydrogen-bond donors (Lipinski definition) is 1. The van der Waals surface area contributed by atoms with Crippen LogP contribution in [0.3, 0.4) is 0 Å². The van der Waals surface area contributed by atoms with Crippen molar-refractivity contribution in [2.75, 3.05) is 0 Å². The number of rotatable bonds is 5. The Labute approximate surface area is 101 Å². The summed E-state index contributed by atoms with van der Waals surface area (Å²) < 4.78 is 17.6. The number of carboxylic acid groups (broad SMARTS) is 1. The SMILES string of the molecule is O=C(O)CCCc1nc(-c2ccc(F)cn2)no1. The fourth-order valence-electron chi connectivity index (χ4n) is 1.36. The zero-order chi connectivity index (χ0) is 13.0. The molecule has 6 nitrogen and oxygen atoms in total. The van der Waals surface area contributed by atoms with E-state index in [0.717, 1.165) is 6.20 Å². The first-order valence-electron chi connectivity index (χ1n) is 5.31. The van der Waals surface area contributed by atoms with Gasteiger partial charge >= 0.3 is 5.97 Å². The molecule has 0 unspecified atom stereocenters. The maximum atomic E-state index is 12.7. The van der Waals surface area contributed by atoms with Crippen molar-refractivity contribution in [3.63, 3.8) is 0 Å². The van der Waals surface area contributed by atoms with Gasteiger partial charge < -0.3 is 9.63 Å². The molecular weight excluding hydrogens is 241 g/mol. The lowest BCUT2D eigenvalue weighted by atomic mass is 10.2. The summed E-state index contributed by atoms with van der Waals surface area (Å²) in [6.07, 6.45) is 1.93. The smallest absolute Gasteiger partial charge is 0.303 e. The molecule has 0 aliphatic heterocycles. The zero-order valence-electron chi connectivity index (χ0n) is 9.34. The summed E-state index contributed by atoms with van der Waals surface area (Å²) in [5, 5.41) is 12.2. The van der Waals surface area contributed by atoms with Gasteiger partial charge in [-0.3, -0.25) is 4.79 Å². The molecule has 2 heterocycles. The van der Waals surface area contributed by atoms with Crippen LogP contribution < -0.4 is 0 Å². The van der Waals surface area contributed by atoms with Crippen LogP contribution in [0.25, 0.3) is 11.5 Å². The summed E-state index contributed by atoms with van der Waals surface area (Å²) in [6.45, 7) is 0. The highest BCUT2D eigenvalue weighted by Crippen LogP contribution is 2.13. The van der Waals surface area contributed by atoms with Crippen molar-refractivity contribution in [2.45, 2.75) is 19.3 Å². The van der Waals surface area contributed by atoms with Crippen LogP contribution in [0.1, 0.15) is 18.7 Å². The summed E-state index contributed by atoms with van der Waals surface area (Å²) in [5.74, 6) is -0.698. The van der Waals surface area contributed by atoms with Crippen LogP contribution >= 0.6 is 0 Å². The van der Waals surface area contributed by atoms with Crippen molar-refractivity contribution in [3.8, 4) is 11.5 Å². The van der Waals surface area contributed by atoms with Crippen LogP contribution in [-0.2, 0) is 11.2 Å². The average Bonchev–Trinajstić information content (AvgIpc) is 2.78. The first kappa shape index (κ1) is 12.2. The van der Waals surface area contributed by atoms with E-state index in [-0.39, 0.29) is 12.2 Å². The van der Waals surface area contributed by atoms with E-state index in [2.05, 4.69) is 15.1 Å². The van der Waals surface area contributed by atoms with E-state index >= 15 is 0 Å². The number of aromatic nitrogens is 3. The molecule has 0 radical (unpaired) electrons. The zero-order valence-corrected chi connectivity index (χ0v) is 9.34. The van der Waals surface area contributed by atoms with E-state index in [9.17, 15) is 9.18 Å². The molecule has 2 aromatic rings. The maximum absolute atomic E-state index is 12.7. The maximum Gasteiger partial charge on any atom is 0.303 e. The monoisotopic (exact) mass is 251 g/mol. The van der Waals surface area contributed by atoms with E-state index in [1.165, 1.54) is 12.1 Å². The number of hydrogen-bond acceptors (Lipinski definition) is 5. The van der Waals surface area contributed by atoms with Crippen molar-refractivity contribution in [2.24, 2.45) is 0 Å². The third kappa shape index (κ3) is 3.09. The molecule has 2 aromatic heterocycles. The lowest BCUT2D eigenvalue weighted by molar-refractivity contribution is -0.137. The minimum Gasteiger partial charge on any atom is -0.481 e. The molecule has 2 rings (SSSR count). The Morgan fingerprint density at radius 2 is 2.28 bits per heavy atom. The second-order valence-electron chi connectivity index (χ2n) is 3.62. The quantitative estimate of drug-likeness (QED) is 0.869. The number of halogens is 1. The third-order valence-corrected chi connectivity index (χ3v) is 2.21. The van der Waals surface area contributed by atoms with Gasteiger partial charge in [-0.25, -0.2) is 9.37 Å². The molecule has 7 heteroatoms. The van der Waals surface area contributed by atoms with Crippen LogP contribution in [0.2, 0.25) is 0 Å². The van der Waals surface area contributed by atoms with E-state index in [1.54, 1.807) is 0 Å². The summed E-state index contributed by atoms with van der Waals surface area (Å²) in [5.41, 5.74) is 0.407. The van der Waals surface area contributed by atoms with Gasteiger partial charge in [0.25, 0.3) is 0 Å². The molecule has 0 bridgehead atoms. The Kier molecular flexibility index (Phi) is 3.61. The van der Waals surface area contributed by atoms with Crippen LogP contribution in [-0.4, -0.2) is 26.2 Å². The topological polar surface area (TPSA) is 89.1 Å². The highest BCUT2D eigenvalue weighted by atomic mass is 19.1. The first-order valence-corrected chi connectivity index (χ1v) is 5.31. The molecule has 0 atom stereocenters. The lowest BCUT2D eigenvalue weighted by Crippen LogP contribution is -1.96. The predicted octanol–water partition coefficient (Wildman–Crippen LogP) is 1.68. The van der Waals surface area contributed by atoms with Crippen molar-refractivity contribution in [1.82, 2.24) is 15.1 Å². The van der Waals surface area contributed by atoms with Crippen molar-refractivity contribution in [3.05, 3.63) is 30.0 Å². The molecule has 0 saturated carbocycles. The van der Waals surface area contributed by atoms with E-state index in [0.29, 0.717) is 24.4 Å². The number of aryl methyl sites for hydroxylation is 1. The second-order valence-corrected chi connectivity index (χ2v) is 3.62. The minimum atomic E-state index is -0.866. The Morgan fingerprint density at radius 3 is 2.94 bits per heavy atom. The van der Waals surface area contributed by atoms with E-state index in [4.69, 9.17) is 9.63 Å². The van der Waals surface area contributed by atoms with Gasteiger partial charge in [-0.1, -0.05) is 5.16 Å². The van der Waals surface area contributed by atoms with Crippen LogP contribution in [0.15, 0.2) is 22.9 Å². The van der Waals surface area contributed by atoms with Crippen molar-refractivity contribution < 1.29 is 18.8 Å². The summed E-state index contributed by atoms with van der Waals surface area (Å²) in [7, 11) is 0. The summed E-state index contributed by atoms with van der Waals surface area (Å²) in [6, 6.07) is 2.70. The average molecular weight is 251 g/mol. The van der Waals surface area contributed by atoms with Gasteiger partial charge in [-0.15, -0.1) is 0 Å². The van der Waals surface area contributed by atoms with Gasteiger partial charge in [0, 0.05) is 12.8 Å². The standard InChI is InChI=1S/C11H10FN3O3/c12-7-4-5-8(13-6-7)11-14-9(18-15-11)2-1-3-10(16)17/h4-6H,1-3H2,(H,16,17). The largest absolute Gasteiger partial charge is 0.481 e. The Bertz CT molecular complexity index is 539. The normalized spacial score (nSPS) is 10.5. The molecule has 94 valence electrons. The molecular formula is C11H10FN3O3. The Balaban J connectivity index is 2.01. The van der Waals surface area contributed by atoms with Gasteiger partial charge in [-0.05, 0) is 18.6 Å². The van der Waals surface area contributed by atoms with E-state index in [1.807, 2.05) is 0 Å². The highest BCUT2D eigenvalue weighted by Gasteiger charge is 2.10. The van der Waals surface area contributed by atoms with Gasteiger partial charge in [0.2, 0.25) is 11.7 Å². The van der Waals surface area contributed by atoms with Gasteiger partial charge in [-0.2, -0.15) is 4.98 Å². The summed E-state index contributed by atoms with van der Waals surface area (Å²) in [4.78, 5) is 18.2. The number of carbonyl (C=O) groups is 1.